The van der Waals surface area contributed by atoms with Crippen LogP contribution in [-0.4, -0.2) is 32.7 Å². The van der Waals surface area contributed by atoms with Crippen molar-refractivity contribution in [1.82, 2.24) is 0 Å². The molecule has 0 atom stereocenters. The molecule has 1 aliphatic rings. The van der Waals surface area contributed by atoms with E-state index in [-0.39, 0.29) is 12.5 Å². The number of anilines is 2. The van der Waals surface area contributed by atoms with Crippen LogP contribution >= 0.6 is 0 Å². The molecule has 4 nitrogen and oxygen atoms in total. The maximum absolute atomic E-state index is 11.3. The van der Waals surface area contributed by atoms with Crippen LogP contribution in [0.3, 0.4) is 0 Å². The van der Waals surface area contributed by atoms with E-state index in [4.69, 9.17) is 4.74 Å². The molecule has 17 heavy (non-hydrogen) atoms. The Hall–Kier alpha value is -1.55. The molecule has 1 saturated heterocycles. The molecule has 0 aliphatic carbocycles. The Bertz CT molecular complexity index is 370. The van der Waals surface area contributed by atoms with Crippen LogP contribution in [0.2, 0.25) is 0 Å². The minimum Gasteiger partial charge on any atom is -0.375 e. The number of rotatable bonds is 4. The van der Waals surface area contributed by atoms with Gasteiger partial charge in [-0.3, -0.25) is 4.79 Å². The number of nitrogens with one attached hydrogen (secondary N) is 1. The summed E-state index contributed by atoms with van der Waals surface area (Å²) in [5.74, 6) is -0.124. The van der Waals surface area contributed by atoms with Crippen molar-refractivity contribution in [2.45, 2.75) is 12.8 Å². The van der Waals surface area contributed by atoms with Gasteiger partial charge in [0.2, 0.25) is 5.91 Å². The van der Waals surface area contributed by atoms with E-state index in [1.807, 2.05) is 24.3 Å². The van der Waals surface area contributed by atoms with Crippen LogP contribution in [0.25, 0.3) is 0 Å². The van der Waals surface area contributed by atoms with Gasteiger partial charge in [0.1, 0.15) is 6.61 Å². The molecule has 0 spiro atoms. The third kappa shape index (κ3) is 3.20. The van der Waals surface area contributed by atoms with E-state index >= 15 is 0 Å². The zero-order valence-electron chi connectivity index (χ0n) is 10.1. The summed E-state index contributed by atoms with van der Waals surface area (Å²) in [6.07, 6.45) is 2.54. The minimum atomic E-state index is -0.124. The van der Waals surface area contributed by atoms with Crippen LogP contribution in [-0.2, 0) is 9.53 Å². The van der Waals surface area contributed by atoms with E-state index in [0.717, 1.165) is 18.8 Å². The second-order valence-electron chi connectivity index (χ2n) is 4.22. The second kappa shape index (κ2) is 5.68. The first-order valence-corrected chi connectivity index (χ1v) is 5.93. The number of methoxy groups -OCH3 is 1. The Labute approximate surface area is 102 Å². The number of amides is 1. The van der Waals surface area contributed by atoms with Gasteiger partial charge < -0.3 is 15.0 Å². The molecular weight excluding hydrogens is 216 g/mol. The number of carbonyl (C=O) groups is 1. The van der Waals surface area contributed by atoms with Gasteiger partial charge >= 0.3 is 0 Å². The molecule has 0 saturated carbocycles. The van der Waals surface area contributed by atoms with Crippen LogP contribution in [0.15, 0.2) is 24.3 Å². The van der Waals surface area contributed by atoms with Crippen molar-refractivity contribution in [2.24, 2.45) is 0 Å². The molecule has 1 amide bonds. The molecule has 0 radical (unpaired) electrons. The van der Waals surface area contributed by atoms with Crippen LogP contribution < -0.4 is 10.2 Å². The van der Waals surface area contributed by atoms with Crippen molar-refractivity contribution in [3.63, 3.8) is 0 Å². The van der Waals surface area contributed by atoms with Gasteiger partial charge in [-0.1, -0.05) is 0 Å². The number of hydrogen-bond acceptors (Lipinski definition) is 3. The SMILES string of the molecule is COCC(=O)Nc1ccc(N2CCCC2)cc1. The first-order chi connectivity index (χ1) is 8.29. The van der Waals surface area contributed by atoms with E-state index in [2.05, 4.69) is 10.2 Å². The smallest absolute Gasteiger partial charge is 0.250 e. The Morgan fingerprint density at radius 3 is 2.53 bits per heavy atom. The second-order valence-corrected chi connectivity index (χ2v) is 4.22. The molecular formula is C13H18N2O2. The van der Waals surface area contributed by atoms with Crippen molar-refractivity contribution in [1.29, 1.82) is 0 Å². The largest absolute Gasteiger partial charge is 0.375 e. The molecule has 1 heterocycles. The molecule has 1 fully saturated rings. The van der Waals surface area contributed by atoms with Crippen molar-refractivity contribution < 1.29 is 9.53 Å². The topological polar surface area (TPSA) is 41.6 Å². The molecule has 4 heteroatoms. The lowest BCUT2D eigenvalue weighted by Gasteiger charge is -2.17. The number of benzene rings is 1. The van der Waals surface area contributed by atoms with Gasteiger partial charge in [-0.25, -0.2) is 0 Å². The van der Waals surface area contributed by atoms with Crippen LogP contribution in [0.4, 0.5) is 11.4 Å². The first-order valence-electron chi connectivity index (χ1n) is 5.93. The van der Waals surface area contributed by atoms with E-state index in [1.54, 1.807) is 0 Å². The highest BCUT2D eigenvalue weighted by Crippen LogP contribution is 2.21. The van der Waals surface area contributed by atoms with Gasteiger partial charge in [-0.2, -0.15) is 0 Å². The predicted octanol–water partition coefficient (Wildman–Crippen LogP) is 1.87. The average Bonchev–Trinajstić information content (AvgIpc) is 2.84. The van der Waals surface area contributed by atoms with E-state index in [9.17, 15) is 4.79 Å². The Morgan fingerprint density at radius 2 is 1.94 bits per heavy atom. The summed E-state index contributed by atoms with van der Waals surface area (Å²) in [5.41, 5.74) is 2.04. The van der Waals surface area contributed by atoms with Gasteiger partial charge in [-0.05, 0) is 37.1 Å². The average molecular weight is 234 g/mol. The maximum atomic E-state index is 11.3. The Balaban J connectivity index is 1.95. The van der Waals surface area contributed by atoms with Crippen LogP contribution in [0, 0.1) is 0 Å². The summed E-state index contributed by atoms with van der Waals surface area (Å²) in [4.78, 5) is 13.7. The van der Waals surface area contributed by atoms with Gasteiger partial charge in [-0.15, -0.1) is 0 Å². The van der Waals surface area contributed by atoms with Gasteiger partial charge in [0.15, 0.2) is 0 Å². The molecule has 1 aliphatic heterocycles. The monoisotopic (exact) mass is 234 g/mol. The maximum Gasteiger partial charge on any atom is 0.250 e. The lowest BCUT2D eigenvalue weighted by molar-refractivity contribution is -0.119. The van der Waals surface area contributed by atoms with Crippen molar-refractivity contribution in [3.05, 3.63) is 24.3 Å². The standard InChI is InChI=1S/C13H18N2O2/c1-17-10-13(16)14-11-4-6-12(7-5-11)15-8-2-3-9-15/h4-7H,2-3,8-10H2,1H3,(H,14,16). The first kappa shape index (κ1) is 11.9. The minimum absolute atomic E-state index is 0.0911. The third-order valence-electron chi connectivity index (χ3n) is 2.90. The summed E-state index contributed by atoms with van der Waals surface area (Å²) in [6, 6.07) is 7.96. The molecule has 1 N–H and O–H groups in total. The zero-order chi connectivity index (χ0) is 12.1. The van der Waals surface area contributed by atoms with Crippen molar-refractivity contribution in [2.75, 3.05) is 37.0 Å². The van der Waals surface area contributed by atoms with Crippen molar-refractivity contribution in [3.8, 4) is 0 Å². The fourth-order valence-electron chi connectivity index (χ4n) is 2.06. The quantitative estimate of drug-likeness (QED) is 0.864. The van der Waals surface area contributed by atoms with E-state index in [1.165, 1.54) is 25.6 Å². The summed E-state index contributed by atoms with van der Waals surface area (Å²) in [7, 11) is 1.51. The molecule has 0 aromatic heterocycles. The molecule has 1 aromatic carbocycles. The van der Waals surface area contributed by atoms with Crippen LogP contribution in [0.5, 0.6) is 0 Å². The lowest BCUT2D eigenvalue weighted by Crippen LogP contribution is -2.18. The Kier molecular flexibility index (Phi) is 3.98. The summed E-state index contributed by atoms with van der Waals surface area (Å²) >= 11 is 0. The highest BCUT2D eigenvalue weighted by atomic mass is 16.5. The number of carbonyl (C=O) groups excluding carboxylic acids is 1. The molecule has 0 unspecified atom stereocenters. The molecule has 1 aromatic rings. The van der Waals surface area contributed by atoms with E-state index < -0.39 is 0 Å². The van der Waals surface area contributed by atoms with Crippen molar-refractivity contribution >= 4 is 17.3 Å². The number of hydrogen-bond donors (Lipinski definition) is 1. The van der Waals surface area contributed by atoms with E-state index in [0.29, 0.717) is 0 Å². The predicted molar refractivity (Wildman–Crippen MR) is 68.4 cm³/mol. The normalized spacial score (nSPS) is 15.0. The summed E-state index contributed by atoms with van der Waals surface area (Å²) in [5, 5.41) is 2.78. The number of nitrogens with zero attached hydrogens (tertiary/aromatic N) is 1. The zero-order valence-corrected chi connectivity index (χ0v) is 10.1. The highest BCUT2D eigenvalue weighted by molar-refractivity contribution is 5.91. The van der Waals surface area contributed by atoms with Gasteiger partial charge in [0.05, 0.1) is 0 Å². The van der Waals surface area contributed by atoms with Crippen LogP contribution in [0.1, 0.15) is 12.8 Å². The lowest BCUT2D eigenvalue weighted by atomic mass is 10.2. The third-order valence-corrected chi connectivity index (χ3v) is 2.90. The fourth-order valence-corrected chi connectivity index (χ4v) is 2.06. The number of ether oxygens (including phenoxy) is 1. The van der Waals surface area contributed by atoms with Gasteiger partial charge in [0.25, 0.3) is 0 Å². The Morgan fingerprint density at radius 1 is 1.29 bits per heavy atom. The fraction of sp³-hybridized carbons (Fsp3) is 0.462. The molecule has 92 valence electrons. The highest BCUT2D eigenvalue weighted by Gasteiger charge is 2.11. The molecule has 2 rings (SSSR count). The van der Waals surface area contributed by atoms with Gasteiger partial charge in [0, 0.05) is 31.6 Å². The summed E-state index contributed by atoms with van der Waals surface area (Å²) < 4.78 is 4.76. The molecule has 0 bridgehead atoms. The summed E-state index contributed by atoms with van der Waals surface area (Å²) in [6.45, 7) is 2.36.